The number of halogens is 2. The molecule has 2 N–H and O–H groups in total. The zero-order valence-electron chi connectivity index (χ0n) is 19.5. The molecule has 35 heavy (non-hydrogen) atoms. The van der Waals surface area contributed by atoms with Crippen molar-refractivity contribution in [3.8, 4) is 5.75 Å². The third kappa shape index (κ3) is 8.58. The summed E-state index contributed by atoms with van der Waals surface area (Å²) < 4.78 is 38.6. The highest BCUT2D eigenvalue weighted by Gasteiger charge is 2.17. The molecule has 10 heteroatoms. The van der Waals surface area contributed by atoms with Gasteiger partial charge in [0.2, 0.25) is 5.91 Å². The molecule has 0 unspecified atom stereocenters. The summed E-state index contributed by atoms with van der Waals surface area (Å²) >= 11 is 0. The first-order chi connectivity index (χ1) is 16.6. The van der Waals surface area contributed by atoms with Gasteiger partial charge in [-0.05, 0) is 45.0 Å². The summed E-state index contributed by atoms with van der Waals surface area (Å²) in [5.41, 5.74) is 0.672. The van der Waals surface area contributed by atoms with Gasteiger partial charge in [-0.3, -0.25) is 14.8 Å². The van der Waals surface area contributed by atoms with Crippen molar-refractivity contribution in [2.75, 3.05) is 17.2 Å². The summed E-state index contributed by atoms with van der Waals surface area (Å²) in [5.74, 6) is -1.76. The van der Waals surface area contributed by atoms with Gasteiger partial charge in [-0.25, -0.2) is 13.6 Å². The van der Waals surface area contributed by atoms with E-state index in [1.54, 1.807) is 62.0 Å². The van der Waals surface area contributed by atoms with Crippen molar-refractivity contribution in [2.24, 2.45) is 0 Å². The lowest BCUT2D eigenvalue weighted by Crippen LogP contribution is -2.27. The van der Waals surface area contributed by atoms with Crippen molar-refractivity contribution in [3.63, 3.8) is 0 Å². The van der Waals surface area contributed by atoms with Gasteiger partial charge in [-0.15, -0.1) is 0 Å². The van der Waals surface area contributed by atoms with Gasteiger partial charge in [0.15, 0.2) is 0 Å². The first kappa shape index (κ1) is 25.4. The van der Waals surface area contributed by atoms with E-state index in [9.17, 15) is 18.4 Å². The summed E-state index contributed by atoms with van der Waals surface area (Å²) in [6.45, 7) is 5.75. The molecule has 184 valence electrons. The highest BCUT2D eigenvalue weighted by molar-refractivity contribution is 6.04. The number of para-hydroxylation sites is 2. The Morgan fingerprint density at radius 3 is 2.34 bits per heavy atom. The van der Waals surface area contributed by atoms with E-state index in [0.29, 0.717) is 23.6 Å². The number of benzene rings is 2. The fraction of sp³-hybridized carbons (Fsp3) is 0.240. The van der Waals surface area contributed by atoms with Gasteiger partial charge in [0.25, 0.3) is 0 Å². The summed E-state index contributed by atoms with van der Waals surface area (Å²) in [4.78, 5) is 24.4. The van der Waals surface area contributed by atoms with Crippen molar-refractivity contribution in [2.45, 2.75) is 32.9 Å². The van der Waals surface area contributed by atoms with Gasteiger partial charge in [0.1, 0.15) is 29.6 Å². The number of ether oxygens (including phenoxy) is 2. The molecule has 8 nitrogen and oxygen atoms in total. The SMILES string of the molecule is CC(C)(C)OC(=O)Nc1ccccc1NC(=O)/C=C/c1ccn(CCOc2cc(F)cc(F)c2)n1. The maximum absolute atomic E-state index is 13.2. The Hall–Kier alpha value is -4.21. The highest BCUT2D eigenvalue weighted by atomic mass is 19.1. The Morgan fingerprint density at radius 1 is 1.03 bits per heavy atom. The smallest absolute Gasteiger partial charge is 0.412 e. The van der Waals surface area contributed by atoms with Gasteiger partial charge in [0.05, 0.1) is 23.6 Å². The van der Waals surface area contributed by atoms with Crippen LogP contribution in [0.4, 0.5) is 25.0 Å². The van der Waals surface area contributed by atoms with Crippen molar-refractivity contribution in [1.82, 2.24) is 9.78 Å². The van der Waals surface area contributed by atoms with Crippen LogP contribution < -0.4 is 15.4 Å². The number of hydrogen-bond acceptors (Lipinski definition) is 5. The minimum absolute atomic E-state index is 0.0906. The lowest BCUT2D eigenvalue weighted by atomic mass is 10.2. The van der Waals surface area contributed by atoms with E-state index < -0.39 is 29.2 Å². The van der Waals surface area contributed by atoms with E-state index in [4.69, 9.17) is 9.47 Å². The van der Waals surface area contributed by atoms with Gasteiger partial charge < -0.3 is 14.8 Å². The van der Waals surface area contributed by atoms with Gasteiger partial charge >= 0.3 is 6.09 Å². The van der Waals surface area contributed by atoms with Crippen LogP contribution in [0.3, 0.4) is 0 Å². The van der Waals surface area contributed by atoms with E-state index in [1.165, 1.54) is 12.2 Å². The Morgan fingerprint density at radius 2 is 1.69 bits per heavy atom. The largest absolute Gasteiger partial charge is 0.491 e. The summed E-state index contributed by atoms with van der Waals surface area (Å²) in [6.07, 6.45) is 3.89. The molecule has 0 bridgehead atoms. The molecule has 3 aromatic rings. The summed E-state index contributed by atoms with van der Waals surface area (Å²) in [7, 11) is 0. The first-order valence-corrected chi connectivity index (χ1v) is 10.8. The van der Waals surface area contributed by atoms with Crippen LogP contribution in [0.25, 0.3) is 6.08 Å². The number of hydrogen-bond donors (Lipinski definition) is 2. The molecule has 0 saturated carbocycles. The van der Waals surface area contributed by atoms with Crippen LogP contribution in [0, 0.1) is 11.6 Å². The molecule has 1 heterocycles. The number of aromatic nitrogens is 2. The summed E-state index contributed by atoms with van der Waals surface area (Å²) in [5, 5.41) is 9.62. The van der Waals surface area contributed by atoms with Crippen molar-refractivity contribution < 1.29 is 27.8 Å². The third-order valence-corrected chi connectivity index (χ3v) is 4.31. The second kappa shape index (κ2) is 11.3. The van der Waals surface area contributed by atoms with E-state index in [-0.39, 0.29) is 12.4 Å². The summed E-state index contributed by atoms with van der Waals surface area (Å²) in [6, 6.07) is 11.4. The predicted molar refractivity (Wildman–Crippen MR) is 128 cm³/mol. The number of carbonyl (C=O) groups is 2. The lowest BCUT2D eigenvalue weighted by Gasteiger charge is -2.20. The van der Waals surface area contributed by atoms with Crippen LogP contribution in [-0.2, 0) is 16.1 Å². The zero-order chi connectivity index (χ0) is 25.4. The molecule has 0 aliphatic rings. The average Bonchev–Trinajstić information content (AvgIpc) is 3.19. The molecule has 2 aromatic carbocycles. The number of carbonyl (C=O) groups excluding carboxylic acids is 2. The maximum Gasteiger partial charge on any atom is 0.412 e. The van der Waals surface area contributed by atoms with Crippen molar-refractivity contribution >= 4 is 29.5 Å². The number of nitrogens with zero attached hydrogens (tertiary/aromatic N) is 2. The first-order valence-electron chi connectivity index (χ1n) is 10.8. The number of rotatable bonds is 8. The number of anilines is 2. The molecular formula is C25H26F2N4O4. The minimum Gasteiger partial charge on any atom is -0.491 e. The normalized spacial score (nSPS) is 11.3. The second-order valence-electron chi connectivity index (χ2n) is 8.45. The van der Waals surface area contributed by atoms with Crippen LogP contribution in [0.2, 0.25) is 0 Å². The molecule has 0 radical (unpaired) electrons. The predicted octanol–water partition coefficient (Wildman–Crippen LogP) is 5.24. The van der Waals surface area contributed by atoms with E-state index >= 15 is 0 Å². The van der Waals surface area contributed by atoms with E-state index in [2.05, 4.69) is 15.7 Å². The molecule has 3 rings (SSSR count). The Kier molecular flexibility index (Phi) is 8.19. The molecule has 0 aliphatic carbocycles. The Labute approximate surface area is 201 Å². The molecular weight excluding hydrogens is 458 g/mol. The van der Waals surface area contributed by atoms with Gasteiger partial charge in [-0.1, -0.05) is 12.1 Å². The van der Waals surface area contributed by atoms with Crippen molar-refractivity contribution in [1.29, 1.82) is 0 Å². The van der Waals surface area contributed by atoms with Crippen LogP contribution in [0.1, 0.15) is 26.5 Å². The van der Waals surface area contributed by atoms with Crippen molar-refractivity contribution in [3.05, 3.63) is 78.1 Å². The van der Waals surface area contributed by atoms with Crippen LogP contribution >= 0.6 is 0 Å². The van der Waals surface area contributed by atoms with E-state index in [1.807, 2.05) is 0 Å². The van der Waals surface area contributed by atoms with E-state index in [0.717, 1.165) is 18.2 Å². The molecule has 0 fully saturated rings. The molecule has 2 amide bonds. The number of nitrogens with one attached hydrogen (secondary N) is 2. The fourth-order valence-corrected chi connectivity index (χ4v) is 2.91. The number of amides is 2. The molecule has 0 atom stereocenters. The van der Waals surface area contributed by atoms with Gasteiger partial charge in [0, 0.05) is 30.5 Å². The quantitative estimate of drug-likeness (QED) is 0.427. The monoisotopic (exact) mass is 484 g/mol. The third-order valence-electron chi connectivity index (χ3n) is 4.31. The maximum atomic E-state index is 13.2. The topological polar surface area (TPSA) is 94.5 Å². The fourth-order valence-electron chi connectivity index (χ4n) is 2.91. The highest BCUT2D eigenvalue weighted by Crippen LogP contribution is 2.22. The lowest BCUT2D eigenvalue weighted by molar-refractivity contribution is -0.111. The van der Waals surface area contributed by atoms with Crippen LogP contribution in [0.5, 0.6) is 5.75 Å². The average molecular weight is 485 g/mol. The Balaban J connectivity index is 1.52. The van der Waals surface area contributed by atoms with Crippen LogP contribution in [0.15, 0.2) is 60.8 Å². The van der Waals surface area contributed by atoms with Crippen LogP contribution in [-0.4, -0.2) is 34.0 Å². The Bertz CT molecular complexity index is 1200. The second-order valence-corrected chi connectivity index (χ2v) is 8.45. The zero-order valence-corrected chi connectivity index (χ0v) is 19.5. The minimum atomic E-state index is -0.715. The standard InChI is InChI=1S/C25H26F2N4O4/c1-25(2,3)35-24(33)29-22-7-5-4-6-21(22)28-23(32)9-8-19-10-11-31(30-19)12-13-34-20-15-17(26)14-18(27)16-20/h4-11,14-16H,12-13H2,1-3H3,(H,28,32)(H,29,33)/b9-8+. The molecule has 1 aromatic heterocycles. The molecule has 0 aliphatic heterocycles. The van der Waals surface area contributed by atoms with Gasteiger partial charge in [-0.2, -0.15) is 5.10 Å². The molecule has 0 spiro atoms. The molecule has 0 saturated heterocycles.